The van der Waals surface area contributed by atoms with Gasteiger partial charge in [0.2, 0.25) is 5.91 Å². The molecule has 1 aliphatic heterocycles. The van der Waals surface area contributed by atoms with Gasteiger partial charge in [-0.15, -0.1) is 11.3 Å². The number of hydrogen-bond donors (Lipinski definition) is 1. The van der Waals surface area contributed by atoms with Crippen LogP contribution in [-0.2, 0) is 17.6 Å². The highest BCUT2D eigenvalue weighted by atomic mass is 32.1. The Hall–Kier alpha value is -1.69. The zero-order chi connectivity index (χ0) is 16.0. The number of hydrogen-bond acceptors (Lipinski definition) is 5. The average Bonchev–Trinajstić information content (AvgIpc) is 3.17. The Morgan fingerprint density at radius 1 is 1.30 bits per heavy atom. The van der Waals surface area contributed by atoms with Crippen LogP contribution in [0, 0.1) is 12.8 Å². The number of rotatable bonds is 2. The van der Waals surface area contributed by atoms with Crippen LogP contribution in [-0.4, -0.2) is 36.0 Å². The van der Waals surface area contributed by atoms with Gasteiger partial charge in [0.1, 0.15) is 16.5 Å². The Morgan fingerprint density at radius 2 is 2.13 bits per heavy atom. The summed E-state index contributed by atoms with van der Waals surface area (Å²) in [7, 11) is 1.72. The molecule has 1 N–H and O–H groups in total. The molecule has 1 fully saturated rings. The molecule has 5 nitrogen and oxygen atoms in total. The monoisotopic (exact) mass is 330 g/mol. The first-order valence-electron chi connectivity index (χ1n) is 8.43. The van der Waals surface area contributed by atoms with Crippen LogP contribution in [0.25, 0.3) is 10.2 Å². The van der Waals surface area contributed by atoms with Crippen molar-refractivity contribution in [1.82, 2.24) is 15.3 Å². The maximum atomic E-state index is 11.9. The quantitative estimate of drug-likeness (QED) is 0.919. The van der Waals surface area contributed by atoms with Crippen molar-refractivity contribution in [2.24, 2.45) is 5.92 Å². The highest BCUT2D eigenvalue weighted by molar-refractivity contribution is 7.19. The Bertz CT molecular complexity index is 770. The fourth-order valence-electron chi connectivity index (χ4n) is 3.84. The number of thiophene rings is 1. The van der Waals surface area contributed by atoms with E-state index >= 15 is 0 Å². The van der Waals surface area contributed by atoms with Gasteiger partial charge in [-0.3, -0.25) is 4.79 Å². The van der Waals surface area contributed by atoms with E-state index in [-0.39, 0.29) is 11.8 Å². The fraction of sp³-hybridized carbons (Fsp3) is 0.588. The molecule has 1 amide bonds. The second-order valence-corrected chi connectivity index (χ2v) is 7.61. The van der Waals surface area contributed by atoms with Crippen molar-refractivity contribution in [2.75, 3.05) is 25.0 Å². The minimum absolute atomic E-state index is 0.0692. The number of carbonyl (C=O) groups excluding carboxylic acids is 1. The molecule has 1 unspecified atom stereocenters. The lowest BCUT2D eigenvalue weighted by Gasteiger charge is -2.20. The molecule has 1 atom stereocenters. The zero-order valence-electron chi connectivity index (χ0n) is 13.7. The number of nitrogens with zero attached hydrogens (tertiary/aromatic N) is 3. The topological polar surface area (TPSA) is 58.1 Å². The highest BCUT2D eigenvalue weighted by Crippen LogP contribution is 2.40. The van der Waals surface area contributed by atoms with Gasteiger partial charge >= 0.3 is 0 Å². The second-order valence-electron chi connectivity index (χ2n) is 6.53. The van der Waals surface area contributed by atoms with Gasteiger partial charge in [-0.1, -0.05) is 0 Å². The van der Waals surface area contributed by atoms with Crippen molar-refractivity contribution < 1.29 is 4.79 Å². The molecule has 0 aromatic carbocycles. The maximum absolute atomic E-state index is 11.9. The molecule has 0 radical (unpaired) electrons. The minimum Gasteiger partial charge on any atom is -0.359 e. The fourth-order valence-corrected chi connectivity index (χ4v) is 5.14. The SMILES string of the molecule is CNC(=O)C1CCN(c2nc(C)nc3sc4c(c23)CCCC4)C1. The summed E-state index contributed by atoms with van der Waals surface area (Å²) >= 11 is 1.84. The van der Waals surface area contributed by atoms with Gasteiger partial charge in [-0.25, -0.2) is 9.97 Å². The molecule has 2 aliphatic rings. The first-order chi connectivity index (χ1) is 11.2. The summed E-state index contributed by atoms with van der Waals surface area (Å²) in [6, 6.07) is 0. The predicted octanol–water partition coefficient (Wildman–Crippen LogP) is 2.45. The molecular weight excluding hydrogens is 308 g/mol. The van der Waals surface area contributed by atoms with E-state index in [1.165, 1.54) is 35.1 Å². The van der Waals surface area contributed by atoms with E-state index < -0.39 is 0 Å². The van der Waals surface area contributed by atoms with Crippen molar-refractivity contribution in [3.8, 4) is 0 Å². The van der Waals surface area contributed by atoms with Gasteiger partial charge in [-0.05, 0) is 44.6 Å². The summed E-state index contributed by atoms with van der Waals surface area (Å²) in [5, 5.41) is 4.03. The van der Waals surface area contributed by atoms with Crippen LogP contribution in [0.15, 0.2) is 0 Å². The van der Waals surface area contributed by atoms with Crippen molar-refractivity contribution in [1.29, 1.82) is 0 Å². The highest BCUT2D eigenvalue weighted by Gasteiger charge is 2.31. The van der Waals surface area contributed by atoms with Gasteiger partial charge in [0.25, 0.3) is 0 Å². The molecule has 2 aromatic rings. The van der Waals surface area contributed by atoms with Crippen molar-refractivity contribution in [3.63, 3.8) is 0 Å². The largest absolute Gasteiger partial charge is 0.359 e. The van der Waals surface area contributed by atoms with E-state index in [2.05, 4.69) is 15.2 Å². The molecule has 6 heteroatoms. The molecule has 122 valence electrons. The molecule has 0 bridgehead atoms. The summed E-state index contributed by atoms with van der Waals surface area (Å²) in [4.78, 5) is 26.3. The summed E-state index contributed by atoms with van der Waals surface area (Å²) in [6.45, 7) is 3.62. The molecule has 1 aliphatic carbocycles. The molecule has 1 saturated heterocycles. The number of anilines is 1. The molecular formula is C17H22N4OS. The molecule has 23 heavy (non-hydrogen) atoms. The smallest absolute Gasteiger partial charge is 0.224 e. The van der Waals surface area contributed by atoms with E-state index in [1.807, 2.05) is 18.3 Å². The van der Waals surface area contributed by atoms with Crippen LogP contribution in [0.4, 0.5) is 5.82 Å². The molecule has 2 aromatic heterocycles. The lowest BCUT2D eigenvalue weighted by atomic mass is 9.97. The van der Waals surface area contributed by atoms with Gasteiger partial charge in [0, 0.05) is 25.0 Å². The molecule has 0 spiro atoms. The zero-order valence-corrected chi connectivity index (χ0v) is 14.5. The molecule has 3 heterocycles. The second kappa shape index (κ2) is 5.74. The van der Waals surface area contributed by atoms with Gasteiger partial charge in [0.15, 0.2) is 0 Å². The van der Waals surface area contributed by atoms with E-state index in [9.17, 15) is 4.79 Å². The van der Waals surface area contributed by atoms with E-state index in [4.69, 9.17) is 4.98 Å². The van der Waals surface area contributed by atoms with Crippen molar-refractivity contribution in [2.45, 2.75) is 39.0 Å². The summed E-state index contributed by atoms with van der Waals surface area (Å²) < 4.78 is 0. The van der Waals surface area contributed by atoms with Crippen LogP contribution in [0.1, 0.15) is 35.5 Å². The number of carbonyl (C=O) groups is 1. The number of nitrogens with one attached hydrogen (secondary N) is 1. The van der Waals surface area contributed by atoms with Crippen LogP contribution < -0.4 is 10.2 Å². The van der Waals surface area contributed by atoms with Crippen molar-refractivity contribution >= 4 is 33.3 Å². The Labute approximate surface area is 140 Å². The van der Waals surface area contributed by atoms with Crippen LogP contribution in [0.3, 0.4) is 0 Å². The first-order valence-corrected chi connectivity index (χ1v) is 9.24. The van der Waals surface area contributed by atoms with Crippen molar-refractivity contribution in [3.05, 3.63) is 16.3 Å². The van der Waals surface area contributed by atoms with Gasteiger partial charge in [-0.2, -0.15) is 0 Å². The van der Waals surface area contributed by atoms with E-state index in [0.717, 1.165) is 42.4 Å². The Kier molecular flexibility index (Phi) is 3.71. The summed E-state index contributed by atoms with van der Waals surface area (Å²) in [5.41, 5.74) is 1.47. The third kappa shape index (κ3) is 2.49. The Morgan fingerprint density at radius 3 is 2.96 bits per heavy atom. The minimum atomic E-state index is 0.0692. The molecule has 0 saturated carbocycles. The third-order valence-corrected chi connectivity index (χ3v) is 6.20. The number of fused-ring (bicyclic) bond motifs is 3. The molecule has 4 rings (SSSR count). The average molecular weight is 330 g/mol. The summed E-state index contributed by atoms with van der Waals surface area (Å²) in [6.07, 6.45) is 5.75. The van der Waals surface area contributed by atoms with E-state index in [1.54, 1.807) is 7.05 Å². The third-order valence-electron chi connectivity index (χ3n) is 5.01. The van der Waals surface area contributed by atoms with Crippen LogP contribution in [0.5, 0.6) is 0 Å². The van der Waals surface area contributed by atoms with Crippen LogP contribution in [0.2, 0.25) is 0 Å². The summed E-state index contributed by atoms with van der Waals surface area (Å²) in [5.74, 6) is 2.09. The number of amides is 1. The van der Waals surface area contributed by atoms with E-state index in [0.29, 0.717) is 0 Å². The normalized spacial score (nSPS) is 20.8. The van der Waals surface area contributed by atoms with Gasteiger partial charge < -0.3 is 10.2 Å². The number of aromatic nitrogens is 2. The lowest BCUT2D eigenvalue weighted by Crippen LogP contribution is -2.30. The standard InChI is InChI=1S/C17H22N4OS/c1-10-19-15(21-8-7-11(9-21)16(22)18-2)14-12-5-3-4-6-13(12)23-17(14)20-10/h11H,3-9H2,1-2H3,(H,18,22). The van der Waals surface area contributed by atoms with Crippen LogP contribution >= 0.6 is 11.3 Å². The number of aryl methyl sites for hydroxylation is 3. The predicted molar refractivity (Wildman–Crippen MR) is 93.2 cm³/mol. The maximum Gasteiger partial charge on any atom is 0.224 e. The lowest BCUT2D eigenvalue weighted by molar-refractivity contribution is -0.123. The first kappa shape index (κ1) is 14.9. The van der Waals surface area contributed by atoms with Gasteiger partial charge in [0.05, 0.1) is 11.3 Å². The Balaban J connectivity index is 1.77.